The normalized spacial score (nSPS) is 15.4. The number of nitrogens with zero attached hydrogens (tertiary/aromatic N) is 5. The summed E-state index contributed by atoms with van der Waals surface area (Å²) in [6, 6.07) is 5.36. The van der Waals surface area contributed by atoms with E-state index in [-0.39, 0.29) is 22.8 Å². The topological polar surface area (TPSA) is 115 Å². The summed E-state index contributed by atoms with van der Waals surface area (Å²) in [6.45, 7) is 12.4. The molecule has 0 atom stereocenters. The van der Waals surface area contributed by atoms with Gasteiger partial charge in [0.05, 0.1) is 30.8 Å². The van der Waals surface area contributed by atoms with E-state index in [4.69, 9.17) is 14.1 Å². The minimum Gasteiger partial charge on any atom is -0.439 e. The van der Waals surface area contributed by atoms with Gasteiger partial charge in [-0.2, -0.15) is 4.98 Å². The molecule has 1 saturated carbocycles. The van der Waals surface area contributed by atoms with Gasteiger partial charge in [0.2, 0.25) is 11.4 Å². The van der Waals surface area contributed by atoms with Gasteiger partial charge < -0.3 is 23.9 Å². The zero-order valence-corrected chi connectivity index (χ0v) is 24.2. The van der Waals surface area contributed by atoms with Crippen LogP contribution in [-0.2, 0) is 4.74 Å². The van der Waals surface area contributed by atoms with Gasteiger partial charge in [-0.25, -0.2) is 9.97 Å². The third kappa shape index (κ3) is 6.33. The van der Waals surface area contributed by atoms with Crippen molar-refractivity contribution in [2.45, 2.75) is 72.8 Å². The number of morpholine rings is 1. The molecule has 2 fully saturated rings. The number of hydrogen-bond donors (Lipinski definition) is 1. The second-order valence-electron chi connectivity index (χ2n) is 9.82. The number of pyridine rings is 1. The average molecular weight is 549 g/mol. The standard InChI is InChI=1S/C25H26N6O4.C3H8.C2H6/c1-15(32)19-10-16-13-27-25(29-24(16)31(19)18-4-2-3-5-18)28-17-11-21-23(26-14-17)20(33)12-22(35-21)30-6-8-34-9-7-30;1-3-2;1-2/h10-14,18H,2-9H2,1H3,(H,27,28,29);3H2,1-2H3;1-2H3. The Kier molecular flexibility index (Phi) is 9.87. The summed E-state index contributed by atoms with van der Waals surface area (Å²) < 4.78 is 13.5. The van der Waals surface area contributed by atoms with Crippen molar-refractivity contribution in [1.82, 2.24) is 19.5 Å². The molecule has 5 heterocycles. The summed E-state index contributed by atoms with van der Waals surface area (Å²) in [5.41, 5.74) is 2.48. The second-order valence-corrected chi connectivity index (χ2v) is 9.82. The van der Waals surface area contributed by atoms with Gasteiger partial charge in [0.1, 0.15) is 5.65 Å². The Hall–Kier alpha value is -3.79. The molecule has 10 heteroatoms. The molecule has 1 N–H and O–H groups in total. The molecule has 0 spiro atoms. The van der Waals surface area contributed by atoms with E-state index in [9.17, 15) is 9.59 Å². The molecular weight excluding hydrogens is 508 g/mol. The maximum atomic E-state index is 12.6. The van der Waals surface area contributed by atoms with E-state index in [0.29, 0.717) is 55.1 Å². The van der Waals surface area contributed by atoms with Crippen molar-refractivity contribution in [3.8, 4) is 0 Å². The molecule has 10 nitrogen and oxygen atoms in total. The lowest BCUT2D eigenvalue weighted by Gasteiger charge is -2.27. The monoisotopic (exact) mass is 548 g/mol. The van der Waals surface area contributed by atoms with Crippen molar-refractivity contribution in [3.05, 3.63) is 46.5 Å². The van der Waals surface area contributed by atoms with Crippen molar-refractivity contribution in [1.29, 1.82) is 0 Å². The zero-order valence-electron chi connectivity index (χ0n) is 24.2. The Morgan fingerprint density at radius 1 is 1.05 bits per heavy atom. The van der Waals surface area contributed by atoms with Crippen LogP contribution in [0.4, 0.5) is 17.5 Å². The van der Waals surface area contributed by atoms with Gasteiger partial charge in [-0.15, -0.1) is 0 Å². The fourth-order valence-corrected chi connectivity index (χ4v) is 5.04. The predicted octanol–water partition coefficient (Wildman–Crippen LogP) is 6.27. The zero-order chi connectivity index (χ0) is 28.6. The number of Topliss-reactive ketones (excluding diaryl/α,β-unsaturated/α-hetero) is 1. The van der Waals surface area contributed by atoms with Gasteiger partial charge in [0.25, 0.3) is 0 Å². The van der Waals surface area contributed by atoms with Crippen LogP contribution in [0.3, 0.4) is 0 Å². The van der Waals surface area contributed by atoms with Crippen molar-refractivity contribution >= 4 is 45.4 Å². The fraction of sp³-hybridized carbons (Fsp3) is 0.500. The van der Waals surface area contributed by atoms with E-state index < -0.39 is 0 Å². The summed E-state index contributed by atoms with van der Waals surface area (Å²) in [7, 11) is 0. The molecule has 0 radical (unpaired) electrons. The van der Waals surface area contributed by atoms with Gasteiger partial charge in [0, 0.05) is 49.8 Å². The van der Waals surface area contributed by atoms with E-state index in [0.717, 1.165) is 36.7 Å². The second kappa shape index (κ2) is 13.5. The number of carbonyl (C=O) groups excluding carboxylic acids is 1. The van der Waals surface area contributed by atoms with Gasteiger partial charge in [-0.1, -0.05) is 47.0 Å². The molecule has 1 aliphatic carbocycles. The first-order valence-electron chi connectivity index (χ1n) is 14.4. The van der Waals surface area contributed by atoms with E-state index in [1.165, 1.54) is 12.5 Å². The Labute approximate surface area is 234 Å². The molecule has 0 bridgehead atoms. The highest BCUT2D eigenvalue weighted by atomic mass is 16.5. The third-order valence-electron chi connectivity index (χ3n) is 6.76. The number of aromatic nitrogens is 4. The van der Waals surface area contributed by atoms with Crippen molar-refractivity contribution in [2.24, 2.45) is 0 Å². The van der Waals surface area contributed by atoms with Crippen LogP contribution < -0.4 is 15.6 Å². The number of hydrogen-bond acceptors (Lipinski definition) is 9. The maximum Gasteiger partial charge on any atom is 0.229 e. The third-order valence-corrected chi connectivity index (χ3v) is 6.76. The van der Waals surface area contributed by atoms with Crippen LogP contribution in [0.25, 0.3) is 22.1 Å². The summed E-state index contributed by atoms with van der Waals surface area (Å²) in [5.74, 6) is 0.917. The van der Waals surface area contributed by atoms with Crippen LogP contribution in [0.5, 0.6) is 0 Å². The Bertz CT molecular complexity index is 1500. The number of carbonyl (C=O) groups is 1. The quantitative estimate of drug-likeness (QED) is 0.288. The Morgan fingerprint density at radius 2 is 1.75 bits per heavy atom. The molecule has 0 aromatic carbocycles. The fourth-order valence-electron chi connectivity index (χ4n) is 5.04. The summed E-state index contributed by atoms with van der Waals surface area (Å²) in [4.78, 5) is 40.4. The van der Waals surface area contributed by atoms with Crippen LogP contribution in [0, 0.1) is 0 Å². The SMILES string of the molecule is CC.CC(=O)c1cc2cnc(Nc3cnc4c(=O)cc(N5CCOCC5)oc4c3)nc2n1C1CCCC1.CCC. The molecule has 0 unspecified atom stereocenters. The van der Waals surface area contributed by atoms with Crippen LogP contribution >= 0.6 is 0 Å². The summed E-state index contributed by atoms with van der Waals surface area (Å²) >= 11 is 0. The van der Waals surface area contributed by atoms with Gasteiger partial charge in [-0.05, 0) is 18.9 Å². The molecular formula is C30H40N6O4. The lowest BCUT2D eigenvalue weighted by atomic mass is 10.2. The molecule has 6 rings (SSSR count). The van der Waals surface area contributed by atoms with Crippen LogP contribution in [-0.4, -0.2) is 51.6 Å². The van der Waals surface area contributed by atoms with Gasteiger partial charge in [-0.3, -0.25) is 9.59 Å². The molecule has 4 aromatic heterocycles. The van der Waals surface area contributed by atoms with Crippen molar-refractivity contribution < 1.29 is 13.9 Å². The van der Waals surface area contributed by atoms with E-state index >= 15 is 0 Å². The highest BCUT2D eigenvalue weighted by Gasteiger charge is 2.24. The lowest BCUT2D eigenvalue weighted by Crippen LogP contribution is -2.36. The molecule has 1 saturated heterocycles. The van der Waals surface area contributed by atoms with Crippen LogP contribution in [0.15, 0.2) is 39.8 Å². The minimum absolute atomic E-state index is 0.0224. The highest BCUT2D eigenvalue weighted by Crippen LogP contribution is 2.34. The molecule has 214 valence electrons. The number of ether oxygens (including phenoxy) is 1. The summed E-state index contributed by atoms with van der Waals surface area (Å²) in [5, 5.41) is 4.02. The number of rotatable bonds is 5. The Balaban J connectivity index is 0.000000695. The van der Waals surface area contributed by atoms with Crippen LogP contribution in [0.1, 0.15) is 83.3 Å². The first-order chi connectivity index (χ1) is 19.5. The maximum absolute atomic E-state index is 12.6. The van der Waals surface area contributed by atoms with E-state index in [1.807, 2.05) is 24.8 Å². The first kappa shape index (κ1) is 29.2. The summed E-state index contributed by atoms with van der Waals surface area (Å²) in [6.07, 6.45) is 8.92. The molecule has 2 aliphatic rings. The molecule has 40 heavy (non-hydrogen) atoms. The molecule has 0 amide bonds. The largest absolute Gasteiger partial charge is 0.439 e. The average Bonchev–Trinajstić information content (AvgIpc) is 3.63. The van der Waals surface area contributed by atoms with Gasteiger partial charge in [0.15, 0.2) is 22.8 Å². The van der Waals surface area contributed by atoms with Gasteiger partial charge >= 0.3 is 0 Å². The molecule has 1 aliphatic heterocycles. The number of nitrogens with one attached hydrogen (secondary N) is 1. The smallest absolute Gasteiger partial charge is 0.229 e. The molecule has 4 aromatic rings. The van der Waals surface area contributed by atoms with Crippen molar-refractivity contribution in [3.63, 3.8) is 0 Å². The number of anilines is 3. The van der Waals surface area contributed by atoms with Crippen molar-refractivity contribution in [2.75, 3.05) is 36.5 Å². The van der Waals surface area contributed by atoms with Crippen LogP contribution in [0.2, 0.25) is 0 Å². The van der Waals surface area contributed by atoms with E-state index in [2.05, 4.69) is 33.7 Å². The predicted molar refractivity (Wildman–Crippen MR) is 159 cm³/mol. The Morgan fingerprint density at radius 3 is 2.42 bits per heavy atom. The number of ketones is 1. The highest BCUT2D eigenvalue weighted by molar-refractivity contribution is 5.98. The lowest BCUT2D eigenvalue weighted by molar-refractivity contribution is 0.100. The first-order valence-corrected chi connectivity index (χ1v) is 14.4. The number of fused-ring (bicyclic) bond motifs is 2. The van der Waals surface area contributed by atoms with E-state index in [1.54, 1.807) is 25.4 Å². The minimum atomic E-state index is -0.192.